The largest absolute Gasteiger partial charge is 0.416 e. The minimum Gasteiger partial charge on any atom is -0.384 e. The molecule has 0 atom stereocenters. The number of nitrogens with one attached hydrogen (secondary N) is 1. The zero-order chi connectivity index (χ0) is 27.1. The van der Waals surface area contributed by atoms with Crippen LogP contribution in [0.4, 0.5) is 13.2 Å². The summed E-state index contributed by atoms with van der Waals surface area (Å²) in [6.45, 7) is 1.43. The van der Waals surface area contributed by atoms with Gasteiger partial charge in [0.2, 0.25) is 5.91 Å². The Morgan fingerprint density at radius 3 is 2.58 bits per heavy atom. The number of aliphatic hydroxyl groups is 1. The third kappa shape index (κ3) is 5.52. The van der Waals surface area contributed by atoms with Crippen LogP contribution in [-0.2, 0) is 23.0 Å². The lowest BCUT2D eigenvalue weighted by Gasteiger charge is -2.48. The quantitative estimate of drug-likeness (QED) is 0.417. The molecule has 5 rings (SSSR count). The van der Waals surface area contributed by atoms with Crippen molar-refractivity contribution in [1.29, 1.82) is 0 Å². The summed E-state index contributed by atoms with van der Waals surface area (Å²) in [4.78, 5) is 35.7. The van der Waals surface area contributed by atoms with E-state index >= 15 is 0 Å². The molecule has 1 aromatic carbocycles. The summed E-state index contributed by atoms with van der Waals surface area (Å²) in [6.07, 6.45) is 0.487. The molecule has 0 spiro atoms. The van der Waals surface area contributed by atoms with Crippen LogP contribution in [0.15, 0.2) is 36.0 Å². The number of amides is 2. The lowest BCUT2D eigenvalue weighted by molar-refractivity contribution is -0.137. The average Bonchev–Trinajstić information content (AvgIpc) is 3.40. The Morgan fingerprint density at radius 1 is 1.21 bits per heavy atom. The zero-order valence-electron chi connectivity index (χ0n) is 20.5. The highest BCUT2D eigenvalue weighted by molar-refractivity contribution is 7.09. The van der Waals surface area contributed by atoms with Gasteiger partial charge in [0.05, 0.1) is 27.5 Å². The number of nitrogens with two attached hydrogens (primary N) is 1. The molecule has 8 nitrogen and oxygen atoms in total. The summed E-state index contributed by atoms with van der Waals surface area (Å²) in [7, 11) is 0. The number of carbonyl (C=O) groups excluding carboxylic acids is 2. The van der Waals surface area contributed by atoms with E-state index in [0.29, 0.717) is 37.5 Å². The van der Waals surface area contributed by atoms with Gasteiger partial charge in [-0.25, -0.2) is 4.98 Å². The summed E-state index contributed by atoms with van der Waals surface area (Å²) < 4.78 is 39.7. The maximum absolute atomic E-state index is 13.2. The van der Waals surface area contributed by atoms with E-state index in [1.807, 2.05) is 0 Å². The molecular weight excluding hydrogens is 519 g/mol. The highest BCUT2D eigenvalue weighted by Crippen LogP contribution is 2.40. The third-order valence-electron chi connectivity index (χ3n) is 7.56. The van der Waals surface area contributed by atoms with Gasteiger partial charge in [0.25, 0.3) is 5.91 Å². The number of rotatable bonds is 7. The molecule has 0 bridgehead atoms. The number of nitrogens with zero attached hydrogens (tertiary/aromatic N) is 3. The standard InChI is InChI=1S/C26H28F3N5O3S/c27-26(28,29)16-2-3-20-19(10-16)15(9-21(33-20)24(30)36)1-4-23(35)32-17-12-34(13-17)18-5-7-25(37,8-6-18)22-11-31-14-38-22/h2-3,9-11,14,17-18,37H,1,4-8,12-13H2,(H2,30,36)(H,32,35). The molecule has 3 aromatic rings. The number of alkyl halides is 3. The van der Waals surface area contributed by atoms with E-state index in [1.165, 1.54) is 23.5 Å². The van der Waals surface area contributed by atoms with Crippen LogP contribution in [0.1, 0.15) is 58.6 Å². The smallest absolute Gasteiger partial charge is 0.384 e. The van der Waals surface area contributed by atoms with Gasteiger partial charge >= 0.3 is 6.18 Å². The Hall–Kier alpha value is -3.09. The van der Waals surface area contributed by atoms with Gasteiger partial charge in [0.1, 0.15) is 11.3 Å². The van der Waals surface area contributed by atoms with Crippen molar-refractivity contribution in [2.24, 2.45) is 5.73 Å². The van der Waals surface area contributed by atoms with Crippen LogP contribution < -0.4 is 11.1 Å². The molecular formula is C26H28F3N5O3S. The van der Waals surface area contributed by atoms with Crippen LogP contribution >= 0.6 is 11.3 Å². The maximum Gasteiger partial charge on any atom is 0.416 e. The van der Waals surface area contributed by atoms with Gasteiger partial charge in [-0.15, -0.1) is 11.3 Å². The normalized spacial score (nSPS) is 22.8. The molecule has 1 saturated carbocycles. The van der Waals surface area contributed by atoms with Gasteiger partial charge in [-0.1, -0.05) is 0 Å². The van der Waals surface area contributed by atoms with E-state index in [9.17, 15) is 27.9 Å². The van der Waals surface area contributed by atoms with Crippen molar-refractivity contribution in [2.45, 2.75) is 62.4 Å². The first-order valence-electron chi connectivity index (χ1n) is 12.5. The predicted molar refractivity (Wildman–Crippen MR) is 135 cm³/mol. The first-order valence-corrected chi connectivity index (χ1v) is 13.4. The molecule has 38 heavy (non-hydrogen) atoms. The van der Waals surface area contributed by atoms with Crippen molar-refractivity contribution in [1.82, 2.24) is 20.2 Å². The number of primary amides is 1. The number of carbonyl (C=O) groups is 2. The monoisotopic (exact) mass is 547 g/mol. The van der Waals surface area contributed by atoms with E-state index in [1.54, 1.807) is 11.7 Å². The van der Waals surface area contributed by atoms with E-state index < -0.39 is 23.2 Å². The summed E-state index contributed by atoms with van der Waals surface area (Å²) in [5.74, 6) is -1.00. The van der Waals surface area contributed by atoms with Crippen LogP contribution in [0.3, 0.4) is 0 Å². The van der Waals surface area contributed by atoms with Gasteiger partial charge in [-0.2, -0.15) is 13.2 Å². The predicted octanol–water partition coefficient (Wildman–Crippen LogP) is 3.37. The third-order valence-corrected chi connectivity index (χ3v) is 8.53. The number of hydrogen-bond acceptors (Lipinski definition) is 7. The number of aromatic nitrogens is 2. The first-order chi connectivity index (χ1) is 18.0. The minimum atomic E-state index is -4.53. The van der Waals surface area contributed by atoms with Crippen LogP contribution in [0.25, 0.3) is 10.9 Å². The lowest BCUT2D eigenvalue weighted by atomic mass is 9.80. The lowest BCUT2D eigenvalue weighted by Crippen LogP contribution is -2.62. The number of hydrogen-bond donors (Lipinski definition) is 3. The number of pyridine rings is 1. The van der Waals surface area contributed by atoms with Gasteiger partial charge in [-0.3, -0.25) is 19.5 Å². The number of benzene rings is 1. The molecule has 1 saturated heterocycles. The van der Waals surface area contributed by atoms with Crippen LogP contribution in [-0.4, -0.2) is 57.0 Å². The number of halogens is 3. The van der Waals surface area contributed by atoms with Gasteiger partial charge in [0, 0.05) is 37.1 Å². The first kappa shape index (κ1) is 26.5. The Morgan fingerprint density at radius 2 is 1.95 bits per heavy atom. The molecule has 12 heteroatoms. The van der Waals surface area contributed by atoms with Gasteiger partial charge in [-0.05, 0) is 61.9 Å². The molecule has 0 unspecified atom stereocenters. The second kappa shape index (κ2) is 10.2. The summed E-state index contributed by atoms with van der Waals surface area (Å²) in [5.41, 5.74) is 6.03. The molecule has 2 aromatic heterocycles. The molecule has 4 N–H and O–H groups in total. The number of thiazole rings is 1. The fourth-order valence-electron chi connectivity index (χ4n) is 5.39. The van der Waals surface area contributed by atoms with Crippen molar-refractivity contribution in [3.05, 3.63) is 57.7 Å². The van der Waals surface area contributed by atoms with E-state index in [-0.39, 0.29) is 41.4 Å². The molecule has 1 aliphatic carbocycles. The van der Waals surface area contributed by atoms with E-state index in [2.05, 4.69) is 20.2 Å². The Labute approximate surface area is 221 Å². The number of fused-ring (bicyclic) bond motifs is 1. The molecule has 0 radical (unpaired) electrons. The maximum atomic E-state index is 13.2. The molecule has 2 aliphatic rings. The van der Waals surface area contributed by atoms with Crippen LogP contribution in [0.5, 0.6) is 0 Å². The molecule has 2 amide bonds. The second-order valence-electron chi connectivity index (χ2n) is 10.1. The van der Waals surface area contributed by atoms with Gasteiger partial charge < -0.3 is 16.2 Å². The number of likely N-dealkylation sites (tertiary alicyclic amines) is 1. The minimum absolute atomic E-state index is 0.00278. The van der Waals surface area contributed by atoms with Crippen molar-refractivity contribution < 1.29 is 27.9 Å². The molecule has 1 aliphatic heterocycles. The van der Waals surface area contributed by atoms with E-state index in [0.717, 1.165) is 29.9 Å². The number of aryl methyl sites for hydroxylation is 1. The van der Waals surface area contributed by atoms with Crippen LogP contribution in [0.2, 0.25) is 0 Å². The van der Waals surface area contributed by atoms with Crippen molar-refractivity contribution in [2.75, 3.05) is 13.1 Å². The highest BCUT2D eigenvalue weighted by Gasteiger charge is 2.41. The summed E-state index contributed by atoms with van der Waals surface area (Å²) in [6, 6.07) is 4.82. The Bertz CT molecular complexity index is 1330. The van der Waals surface area contributed by atoms with Crippen molar-refractivity contribution >= 4 is 34.1 Å². The molecule has 202 valence electrons. The molecule has 2 fully saturated rings. The zero-order valence-corrected chi connectivity index (χ0v) is 21.3. The van der Waals surface area contributed by atoms with Gasteiger partial charge in [0.15, 0.2) is 0 Å². The SMILES string of the molecule is NC(=O)c1cc(CCC(=O)NC2CN(C3CCC(O)(c4cncs4)CC3)C2)c2cc(C(F)(F)F)ccc2n1. The van der Waals surface area contributed by atoms with Crippen molar-refractivity contribution in [3.63, 3.8) is 0 Å². The molecule has 3 heterocycles. The van der Waals surface area contributed by atoms with E-state index in [4.69, 9.17) is 5.73 Å². The summed E-state index contributed by atoms with van der Waals surface area (Å²) in [5, 5.41) is 14.2. The second-order valence-corrected chi connectivity index (χ2v) is 11.0. The van der Waals surface area contributed by atoms with Crippen molar-refractivity contribution in [3.8, 4) is 0 Å². The fourth-order valence-corrected chi connectivity index (χ4v) is 6.17. The topological polar surface area (TPSA) is 121 Å². The highest BCUT2D eigenvalue weighted by atomic mass is 32.1. The van der Waals surface area contributed by atoms with Crippen LogP contribution in [0, 0.1) is 0 Å². The Kier molecular flexibility index (Phi) is 7.14. The summed E-state index contributed by atoms with van der Waals surface area (Å²) >= 11 is 1.47. The average molecular weight is 548 g/mol. The Balaban J connectivity index is 1.15. The fraction of sp³-hybridized carbons (Fsp3) is 0.462.